The number of aromatic nitrogens is 3. The standard InChI is InChI=1S/C23H27N5O3S2/c1-4-9-31-17-10-16(11-24-13-17)15-5-8-20(25-12-15)27-21(29)23(2,3)19-14-32-22(26-19)28-33(30)18-6-7-18/h5,8,10-14,18H,4,6-7,9H2,1-3H3,(H,26,28)(H,25,27,29). The second-order valence-corrected chi connectivity index (χ2v) is 10.7. The quantitative estimate of drug-likeness (QED) is 0.437. The van der Waals surface area contributed by atoms with Gasteiger partial charge in [0.15, 0.2) is 5.13 Å². The fourth-order valence-electron chi connectivity index (χ4n) is 2.96. The van der Waals surface area contributed by atoms with E-state index in [-0.39, 0.29) is 11.2 Å². The highest BCUT2D eigenvalue weighted by atomic mass is 32.2. The van der Waals surface area contributed by atoms with Gasteiger partial charge >= 0.3 is 0 Å². The Morgan fingerprint density at radius 1 is 1.24 bits per heavy atom. The first-order chi connectivity index (χ1) is 15.9. The number of hydrogen-bond donors (Lipinski definition) is 2. The molecule has 10 heteroatoms. The molecule has 0 bridgehead atoms. The topological polar surface area (TPSA) is 106 Å². The van der Waals surface area contributed by atoms with E-state index in [0.29, 0.717) is 29.0 Å². The Balaban J connectivity index is 1.40. The van der Waals surface area contributed by atoms with Gasteiger partial charge in [0.05, 0.1) is 29.2 Å². The van der Waals surface area contributed by atoms with Gasteiger partial charge in [-0.3, -0.25) is 14.5 Å². The Morgan fingerprint density at radius 3 is 2.76 bits per heavy atom. The average molecular weight is 486 g/mol. The number of ether oxygens (including phenoxy) is 1. The molecule has 3 aromatic rings. The highest BCUT2D eigenvalue weighted by Crippen LogP contribution is 2.31. The first-order valence-electron chi connectivity index (χ1n) is 10.9. The predicted molar refractivity (Wildman–Crippen MR) is 132 cm³/mol. The van der Waals surface area contributed by atoms with Gasteiger partial charge in [0.1, 0.15) is 22.6 Å². The predicted octanol–water partition coefficient (Wildman–Crippen LogP) is 4.54. The van der Waals surface area contributed by atoms with Gasteiger partial charge in [-0.2, -0.15) is 0 Å². The molecule has 1 unspecified atom stereocenters. The van der Waals surface area contributed by atoms with E-state index in [9.17, 15) is 9.00 Å². The number of rotatable bonds is 10. The number of hydrogen-bond acceptors (Lipinski definition) is 7. The monoisotopic (exact) mass is 485 g/mol. The van der Waals surface area contributed by atoms with E-state index in [2.05, 4.69) is 31.9 Å². The van der Waals surface area contributed by atoms with Crippen LogP contribution in [0.25, 0.3) is 11.1 Å². The van der Waals surface area contributed by atoms with Crippen molar-refractivity contribution in [3.63, 3.8) is 0 Å². The molecule has 0 aromatic carbocycles. The SMILES string of the molecule is CCCOc1cncc(-c2ccc(NC(=O)C(C)(C)c3csc(NS(=O)C4CC4)n3)nc2)c1. The highest BCUT2D eigenvalue weighted by molar-refractivity contribution is 7.87. The molecule has 4 rings (SSSR count). The van der Waals surface area contributed by atoms with Gasteiger partial charge in [-0.25, -0.2) is 14.2 Å². The zero-order valence-corrected chi connectivity index (χ0v) is 20.5. The van der Waals surface area contributed by atoms with Crippen LogP contribution in [-0.2, 0) is 21.2 Å². The minimum Gasteiger partial charge on any atom is -0.492 e. The van der Waals surface area contributed by atoms with Crippen LogP contribution in [0.15, 0.2) is 42.2 Å². The van der Waals surface area contributed by atoms with Gasteiger partial charge in [-0.05, 0) is 51.3 Å². The molecular weight excluding hydrogens is 458 g/mol. The van der Waals surface area contributed by atoms with Gasteiger partial charge < -0.3 is 10.1 Å². The Hall–Kier alpha value is -2.85. The maximum atomic E-state index is 13.0. The Morgan fingerprint density at radius 2 is 2.06 bits per heavy atom. The van der Waals surface area contributed by atoms with Crippen molar-refractivity contribution in [1.29, 1.82) is 0 Å². The van der Waals surface area contributed by atoms with Crippen molar-refractivity contribution in [3.05, 3.63) is 47.9 Å². The van der Waals surface area contributed by atoms with E-state index in [0.717, 1.165) is 30.4 Å². The third kappa shape index (κ3) is 5.75. The van der Waals surface area contributed by atoms with Crippen LogP contribution in [0.3, 0.4) is 0 Å². The molecule has 3 aromatic heterocycles. The van der Waals surface area contributed by atoms with Crippen molar-refractivity contribution >= 4 is 39.2 Å². The normalized spacial score (nSPS) is 14.5. The summed E-state index contributed by atoms with van der Waals surface area (Å²) >= 11 is 1.35. The second kappa shape index (κ2) is 9.96. The number of thiazole rings is 1. The molecule has 2 N–H and O–H groups in total. The van der Waals surface area contributed by atoms with Gasteiger partial charge in [-0.15, -0.1) is 11.3 Å². The molecule has 1 atom stereocenters. The maximum absolute atomic E-state index is 13.0. The Bertz CT molecular complexity index is 1140. The summed E-state index contributed by atoms with van der Waals surface area (Å²) in [6.07, 6.45) is 8.02. The zero-order chi connectivity index (χ0) is 23.4. The molecule has 1 amide bonds. The van der Waals surface area contributed by atoms with Crippen LogP contribution in [0.1, 0.15) is 45.7 Å². The molecule has 1 aliphatic rings. The molecule has 174 valence electrons. The van der Waals surface area contributed by atoms with Crippen LogP contribution in [0.4, 0.5) is 10.9 Å². The van der Waals surface area contributed by atoms with Crippen molar-refractivity contribution in [2.45, 2.75) is 50.7 Å². The van der Waals surface area contributed by atoms with E-state index in [1.807, 2.05) is 17.5 Å². The number of carbonyl (C=O) groups is 1. The number of anilines is 2. The van der Waals surface area contributed by atoms with E-state index < -0.39 is 16.4 Å². The van der Waals surface area contributed by atoms with Crippen molar-refractivity contribution in [3.8, 4) is 16.9 Å². The number of carbonyl (C=O) groups excluding carboxylic acids is 1. The molecule has 0 spiro atoms. The van der Waals surface area contributed by atoms with Crippen LogP contribution in [0.5, 0.6) is 5.75 Å². The van der Waals surface area contributed by atoms with Crippen molar-refractivity contribution in [2.24, 2.45) is 0 Å². The molecule has 0 saturated heterocycles. The van der Waals surface area contributed by atoms with E-state index >= 15 is 0 Å². The molecular formula is C23H27N5O3S2. The fraction of sp³-hybridized carbons (Fsp3) is 0.391. The summed E-state index contributed by atoms with van der Waals surface area (Å²) in [5, 5.41) is 5.47. The number of pyridine rings is 2. The lowest BCUT2D eigenvalue weighted by Crippen LogP contribution is -2.35. The molecule has 8 nitrogen and oxygen atoms in total. The largest absolute Gasteiger partial charge is 0.492 e. The second-order valence-electron chi connectivity index (χ2n) is 8.41. The summed E-state index contributed by atoms with van der Waals surface area (Å²) in [5.41, 5.74) is 1.50. The van der Waals surface area contributed by atoms with Gasteiger partial charge in [-0.1, -0.05) is 6.92 Å². The average Bonchev–Trinajstić information content (AvgIpc) is 3.57. The summed E-state index contributed by atoms with van der Waals surface area (Å²) in [6, 6.07) is 5.56. The van der Waals surface area contributed by atoms with Crippen LogP contribution >= 0.6 is 11.3 Å². The molecule has 0 radical (unpaired) electrons. The summed E-state index contributed by atoms with van der Waals surface area (Å²) in [5.74, 6) is 0.942. The highest BCUT2D eigenvalue weighted by Gasteiger charge is 2.34. The molecule has 1 fully saturated rings. The van der Waals surface area contributed by atoms with Crippen molar-refractivity contribution < 1.29 is 13.7 Å². The maximum Gasteiger partial charge on any atom is 0.237 e. The van der Waals surface area contributed by atoms with Crippen LogP contribution in [-0.4, -0.2) is 36.9 Å². The van der Waals surface area contributed by atoms with E-state index in [4.69, 9.17) is 4.74 Å². The molecule has 3 heterocycles. The van der Waals surface area contributed by atoms with E-state index in [1.54, 1.807) is 38.5 Å². The lowest BCUT2D eigenvalue weighted by atomic mass is 9.89. The molecule has 1 aliphatic carbocycles. The van der Waals surface area contributed by atoms with Crippen molar-refractivity contribution in [1.82, 2.24) is 15.0 Å². The van der Waals surface area contributed by atoms with Gasteiger partial charge in [0.2, 0.25) is 5.91 Å². The third-order valence-electron chi connectivity index (χ3n) is 5.25. The summed E-state index contributed by atoms with van der Waals surface area (Å²) in [7, 11) is -1.11. The number of nitrogens with zero attached hydrogens (tertiary/aromatic N) is 3. The minimum atomic E-state index is -1.11. The summed E-state index contributed by atoms with van der Waals surface area (Å²) in [6.45, 7) is 6.30. The van der Waals surface area contributed by atoms with Crippen LogP contribution in [0.2, 0.25) is 0 Å². The van der Waals surface area contributed by atoms with Crippen LogP contribution < -0.4 is 14.8 Å². The zero-order valence-electron chi connectivity index (χ0n) is 18.8. The first-order valence-corrected chi connectivity index (χ1v) is 12.9. The number of nitrogens with one attached hydrogen (secondary N) is 2. The molecule has 33 heavy (non-hydrogen) atoms. The lowest BCUT2D eigenvalue weighted by Gasteiger charge is -2.21. The fourth-order valence-corrected chi connectivity index (χ4v) is 5.07. The molecule has 1 saturated carbocycles. The smallest absolute Gasteiger partial charge is 0.237 e. The summed E-state index contributed by atoms with van der Waals surface area (Å²) in [4.78, 5) is 26.1. The molecule has 0 aliphatic heterocycles. The van der Waals surface area contributed by atoms with Gasteiger partial charge in [0, 0.05) is 28.9 Å². The Labute approximate surface area is 199 Å². The van der Waals surface area contributed by atoms with Crippen molar-refractivity contribution in [2.75, 3.05) is 16.6 Å². The lowest BCUT2D eigenvalue weighted by molar-refractivity contribution is -0.120. The summed E-state index contributed by atoms with van der Waals surface area (Å²) < 4.78 is 20.7. The Kier molecular flexibility index (Phi) is 7.04. The van der Waals surface area contributed by atoms with Crippen LogP contribution in [0, 0.1) is 0 Å². The van der Waals surface area contributed by atoms with Gasteiger partial charge in [0.25, 0.3) is 0 Å². The number of amides is 1. The first kappa shape index (κ1) is 23.3. The van der Waals surface area contributed by atoms with E-state index in [1.165, 1.54) is 11.3 Å². The minimum absolute atomic E-state index is 0.213. The third-order valence-corrected chi connectivity index (χ3v) is 7.61.